The van der Waals surface area contributed by atoms with Crippen LogP contribution in [0.4, 0.5) is 5.69 Å². The number of pyridine rings is 1. The number of benzene rings is 1. The van der Waals surface area contributed by atoms with E-state index >= 15 is 0 Å². The number of rotatable bonds is 5. The van der Waals surface area contributed by atoms with E-state index in [4.69, 9.17) is 11.6 Å². The largest absolute Gasteiger partial charge is 0.371 e. The average molecular weight is 516 g/mol. The van der Waals surface area contributed by atoms with Gasteiger partial charge in [0.1, 0.15) is 5.69 Å². The van der Waals surface area contributed by atoms with E-state index < -0.39 is 0 Å². The zero-order valence-electron chi connectivity index (χ0n) is 19.5. The van der Waals surface area contributed by atoms with Crippen molar-refractivity contribution >= 4 is 52.4 Å². The summed E-state index contributed by atoms with van der Waals surface area (Å²) in [5.41, 5.74) is 2.54. The van der Waals surface area contributed by atoms with Gasteiger partial charge in [0.25, 0.3) is 5.91 Å². The number of carbonyl (C=O) groups excluding carboxylic acids is 2. The molecule has 0 unspecified atom stereocenters. The lowest BCUT2D eigenvalue weighted by Gasteiger charge is -2.36. The van der Waals surface area contributed by atoms with Crippen molar-refractivity contribution in [2.45, 2.75) is 50.6 Å². The van der Waals surface area contributed by atoms with Gasteiger partial charge >= 0.3 is 0 Å². The minimum absolute atomic E-state index is 0. The van der Waals surface area contributed by atoms with E-state index in [0.717, 1.165) is 68.2 Å². The van der Waals surface area contributed by atoms with Crippen LogP contribution < -0.4 is 15.5 Å². The predicted octanol–water partition coefficient (Wildman–Crippen LogP) is 4.71. The van der Waals surface area contributed by atoms with E-state index in [0.29, 0.717) is 10.7 Å². The maximum atomic E-state index is 13.1. The Bertz CT molecular complexity index is 1160. The third kappa shape index (κ3) is 5.90. The third-order valence-electron chi connectivity index (χ3n) is 7.13. The first-order chi connectivity index (χ1) is 16.6. The zero-order chi connectivity index (χ0) is 23.5. The zero-order valence-corrected chi connectivity index (χ0v) is 21.1. The Kier molecular flexibility index (Phi) is 8.19. The van der Waals surface area contributed by atoms with Crippen LogP contribution in [0.15, 0.2) is 48.8 Å². The smallest absolute Gasteiger partial charge is 0.268 e. The number of H-pyrrole nitrogens is 1. The van der Waals surface area contributed by atoms with Gasteiger partial charge in [0.15, 0.2) is 0 Å². The average Bonchev–Trinajstić information content (AvgIpc) is 3.29. The maximum Gasteiger partial charge on any atom is 0.268 e. The van der Waals surface area contributed by atoms with Gasteiger partial charge in [-0.05, 0) is 62.1 Å². The van der Waals surface area contributed by atoms with Gasteiger partial charge < -0.3 is 20.5 Å². The lowest BCUT2D eigenvalue weighted by molar-refractivity contribution is -0.126. The predicted molar refractivity (Wildman–Crippen MR) is 141 cm³/mol. The lowest BCUT2D eigenvalue weighted by atomic mass is 9.88. The molecule has 2 aromatic heterocycles. The molecule has 1 aliphatic carbocycles. The Balaban J connectivity index is 0.00000289. The van der Waals surface area contributed by atoms with Crippen molar-refractivity contribution in [2.24, 2.45) is 5.92 Å². The summed E-state index contributed by atoms with van der Waals surface area (Å²) >= 11 is 6.07. The summed E-state index contributed by atoms with van der Waals surface area (Å²) in [4.78, 5) is 35.6. The molecule has 1 saturated heterocycles. The van der Waals surface area contributed by atoms with Crippen LogP contribution in [-0.2, 0) is 4.79 Å². The van der Waals surface area contributed by atoms with Crippen molar-refractivity contribution in [1.82, 2.24) is 20.6 Å². The Morgan fingerprint density at radius 1 is 0.943 bits per heavy atom. The monoisotopic (exact) mass is 515 g/mol. The van der Waals surface area contributed by atoms with Gasteiger partial charge in [0.2, 0.25) is 5.91 Å². The Hall–Kier alpha value is -2.77. The highest BCUT2D eigenvalue weighted by molar-refractivity contribution is 6.31. The quantitative estimate of drug-likeness (QED) is 0.458. The second-order valence-corrected chi connectivity index (χ2v) is 9.80. The van der Waals surface area contributed by atoms with Gasteiger partial charge in [-0.2, -0.15) is 0 Å². The SMILES string of the molecule is Cl.O=C(N[C@H]1CCCC[C@H]1NC(=O)C1CCN(c2ccncc2)CC1)c1cc2cc(Cl)ccc2[nH]1. The van der Waals surface area contributed by atoms with E-state index in [1.807, 2.05) is 30.3 Å². The second kappa shape index (κ2) is 11.3. The van der Waals surface area contributed by atoms with E-state index in [9.17, 15) is 9.59 Å². The summed E-state index contributed by atoms with van der Waals surface area (Å²) in [7, 11) is 0. The highest BCUT2D eigenvalue weighted by Crippen LogP contribution is 2.25. The molecule has 5 rings (SSSR count). The molecule has 3 aromatic rings. The Morgan fingerprint density at radius 3 is 2.34 bits per heavy atom. The summed E-state index contributed by atoms with van der Waals surface area (Å²) in [5.74, 6) is -0.0280. The number of nitrogens with zero attached hydrogens (tertiary/aromatic N) is 2. The van der Waals surface area contributed by atoms with Crippen molar-refractivity contribution in [3.63, 3.8) is 0 Å². The van der Waals surface area contributed by atoms with Crippen molar-refractivity contribution in [3.05, 3.63) is 59.5 Å². The molecule has 0 radical (unpaired) electrons. The van der Waals surface area contributed by atoms with Crippen molar-refractivity contribution in [3.8, 4) is 0 Å². The fraction of sp³-hybridized carbons (Fsp3) is 0.423. The van der Waals surface area contributed by atoms with Crippen LogP contribution in [0.3, 0.4) is 0 Å². The first-order valence-corrected chi connectivity index (χ1v) is 12.5. The Labute approximate surface area is 216 Å². The van der Waals surface area contributed by atoms with Crippen LogP contribution in [0.5, 0.6) is 0 Å². The normalized spacial score (nSPS) is 20.8. The molecule has 0 spiro atoms. The van der Waals surface area contributed by atoms with E-state index in [1.165, 1.54) is 0 Å². The molecule has 2 atom stereocenters. The van der Waals surface area contributed by atoms with Crippen LogP contribution in [-0.4, -0.2) is 47.0 Å². The Morgan fingerprint density at radius 2 is 1.63 bits per heavy atom. The second-order valence-electron chi connectivity index (χ2n) is 9.36. The molecular weight excluding hydrogens is 485 g/mol. The minimum Gasteiger partial charge on any atom is -0.371 e. The first kappa shape index (κ1) is 25.3. The molecule has 3 N–H and O–H groups in total. The molecule has 9 heteroatoms. The molecule has 1 aromatic carbocycles. The number of anilines is 1. The van der Waals surface area contributed by atoms with Gasteiger partial charge in [-0.25, -0.2) is 0 Å². The van der Waals surface area contributed by atoms with E-state index in [1.54, 1.807) is 18.5 Å². The van der Waals surface area contributed by atoms with Crippen molar-refractivity contribution in [1.29, 1.82) is 0 Å². The van der Waals surface area contributed by atoms with Gasteiger partial charge in [-0.1, -0.05) is 24.4 Å². The molecular formula is C26H31Cl2N5O2. The van der Waals surface area contributed by atoms with Gasteiger partial charge in [0.05, 0.1) is 0 Å². The van der Waals surface area contributed by atoms with Crippen LogP contribution in [0, 0.1) is 5.92 Å². The van der Waals surface area contributed by atoms with E-state index in [-0.39, 0.29) is 42.2 Å². The molecule has 186 valence electrons. The van der Waals surface area contributed by atoms with Crippen molar-refractivity contribution < 1.29 is 9.59 Å². The standard InChI is InChI=1S/C26H30ClN5O2.ClH/c27-19-5-6-21-18(15-19)16-24(29-21)26(34)31-23-4-2-1-3-22(23)30-25(33)17-9-13-32(14-10-17)20-7-11-28-12-8-20;/h5-8,11-12,15-17,22-23,29H,1-4,9-10,13-14H2,(H,30,33)(H,31,34);1H/t22-,23+;/m1./s1. The summed E-state index contributed by atoms with van der Waals surface area (Å²) in [6.45, 7) is 1.72. The van der Waals surface area contributed by atoms with Crippen LogP contribution in [0.1, 0.15) is 49.0 Å². The fourth-order valence-electron chi connectivity index (χ4n) is 5.20. The molecule has 7 nitrogen and oxygen atoms in total. The number of hydrogen-bond acceptors (Lipinski definition) is 4. The maximum absolute atomic E-state index is 13.1. The number of hydrogen-bond donors (Lipinski definition) is 3. The summed E-state index contributed by atoms with van der Waals surface area (Å²) < 4.78 is 0. The number of aromatic nitrogens is 2. The molecule has 0 bridgehead atoms. The van der Waals surface area contributed by atoms with Crippen molar-refractivity contribution in [2.75, 3.05) is 18.0 Å². The highest BCUT2D eigenvalue weighted by Gasteiger charge is 2.32. The number of fused-ring (bicyclic) bond motifs is 1. The number of halogens is 2. The topological polar surface area (TPSA) is 90.1 Å². The highest BCUT2D eigenvalue weighted by atomic mass is 35.5. The molecule has 35 heavy (non-hydrogen) atoms. The molecule has 1 saturated carbocycles. The van der Waals surface area contributed by atoms with Crippen LogP contribution in [0.2, 0.25) is 5.02 Å². The van der Waals surface area contributed by atoms with Crippen LogP contribution in [0.25, 0.3) is 10.9 Å². The third-order valence-corrected chi connectivity index (χ3v) is 7.37. The van der Waals surface area contributed by atoms with Gasteiger partial charge in [0, 0.05) is 65.1 Å². The summed E-state index contributed by atoms with van der Waals surface area (Å²) in [6.07, 6.45) is 9.11. The number of aromatic amines is 1. The number of nitrogens with one attached hydrogen (secondary N) is 3. The minimum atomic E-state index is -0.149. The molecule has 1 aliphatic heterocycles. The molecule has 3 heterocycles. The number of amides is 2. The van der Waals surface area contributed by atoms with Crippen LogP contribution >= 0.6 is 24.0 Å². The van der Waals surface area contributed by atoms with Gasteiger partial charge in [-0.15, -0.1) is 12.4 Å². The molecule has 2 fully saturated rings. The fourth-order valence-corrected chi connectivity index (χ4v) is 5.38. The number of carbonyl (C=O) groups is 2. The van der Waals surface area contributed by atoms with Gasteiger partial charge in [-0.3, -0.25) is 14.6 Å². The first-order valence-electron chi connectivity index (χ1n) is 12.1. The summed E-state index contributed by atoms with van der Waals surface area (Å²) in [5, 5.41) is 7.99. The molecule has 2 amide bonds. The van der Waals surface area contributed by atoms with E-state index in [2.05, 4.69) is 25.5 Å². The lowest BCUT2D eigenvalue weighted by Crippen LogP contribution is -2.55. The number of piperidine rings is 1. The molecule has 2 aliphatic rings. The summed E-state index contributed by atoms with van der Waals surface area (Å²) in [6, 6.07) is 11.3.